The molecule has 0 saturated heterocycles. The van der Waals surface area contributed by atoms with Crippen LogP contribution >= 0.6 is 0 Å². The van der Waals surface area contributed by atoms with E-state index >= 15 is 0 Å². The van der Waals surface area contributed by atoms with Gasteiger partial charge in [-0.15, -0.1) is 0 Å². The van der Waals surface area contributed by atoms with Crippen LogP contribution in [0, 0.1) is 0 Å². The second-order valence-electron chi connectivity index (χ2n) is 3.56. The Balaban J connectivity index is 2.49. The number of rotatable bonds is 2. The Morgan fingerprint density at radius 2 is 1.60 bits per heavy atom. The molecular weight excluding hydrogens is 184 g/mol. The second-order valence-corrected chi connectivity index (χ2v) is 3.56. The Bertz CT molecular complexity index is 443. The lowest BCUT2D eigenvalue weighted by Crippen LogP contribution is -1.86. The highest BCUT2D eigenvalue weighted by molar-refractivity contribution is 5.67. The number of hydrogen-bond acceptors (Lipinski definition) is 1. The lowest BCUT2D eigenvalue weighted by molar-refractivity contribution is 0.475. The summed E-state index contributed by atoms with van der Waals surface area (Å²) in [5.41, 5.74) is 3.74. The Morgan fingerprint density at radius 1 is 0.933 bits per heavy atom. The highest BCUT2D eigenvalue weighted by Crippen LogP contribution is 2.25. The maximum atomic E-state index is 9.23. The Kier molecular flexibility index (Phi) is 2.72. The maximum Gasteiger partial charge on any atom is 0.115 e. The van der Waals surface area contributed by atoms with Crippen LogP contribution in [-0.4, -0.2) is 5.11 Å². The van der Waals surface area contributed by atoms with Crippen LogP contribution in [0.25, 0.3) is 11.1 Å². The van der Waals surface area contributed by atoms with Crippen molar-refractivity contribution in [1.29, 1.82) is 0 Å². The van der Waals surface area contributed by atoms with E-state index in [1.54, 1.807) is 12.1 Å². The number of aryl methyl sites for hydroxylation is 1. The molecular formula is C14H14O. The zero-order chi connectivity index (χ0) is 10.7. The van der Waals surface area contributed by atoms with E-state index in [1.165, 1.54) is 11.1 Å². The van der Waals surface area contributed by atoms with Gasteiger partial charge in [-0.2, -0.15) is 0 Å². The van der Waals surface area contributed by atoms with Crippen LogP contribution in [0.5, 0.6) is 5.75 Å². The van der Waals surface area contributed by atoms with Crippen LogP contribution in [0.1, 0.15) is 12.5 Å². The van der Waals surface area contributed by atoms with Crippen molar-refractivity contribution < 1.29 is 5.11 Å². The molecule has 0 aromatic heterocycles. The average molecular weight is 198 g/mol. The first-order chi connectivity index (χ1) is 7.31. The standard InChI is InChI=1S/C14H14O/c1-2-11-5-3-4-6-14(11)12-7-9-13(15)10-8-12/h3-10,15H,2H2,1H3. The third-order valence-electron chi connectivity index (χ3n) is 2.58. The van der Waals surface area contributed by atoms with Gasteiger partial charge in [0.25, 0.3) is 0 Å². The van der Waals surface area contributed by atoms with Gasteiger partial charge in [0, 0.05) is 0 Å². The molecule has 0 radical (unpaired) electrons. The fourth-order valence-electron chi connectivity index (χ4n) is 1.75. The molecule has 0 fully saturated rings. The molecule has 0 atom stereocenters. The summed E-state index contributed by atoms with van der Waals surface area (Å²) in [6, 6.07) is 15.7. The Hall–Kier alpha value is -1.76. The number of phenols is 1. The van der Waals surface area contributed by atoms with E-state index in [-0.39, 0.29) is 0 Å². The van der Waals surface area contributed by atoms with Crippen LogP contribution in [0.2, 0.25) is 0 Å². The molecule has 76 valence electrons. The van der Waals surface area contributed by atoms with Crippen molar-refractivity contribution in [2.24, 2.45) is 0 Å². The molecule has 1 heteroatoms. The summed E-state index contributed by atoms with van der Waals surface area (Å²) in [5.74, 6) is 0.313. The topological polar surface area (TPSA) is 20.2 Å². The average Bonchev–Trinajstić information content (AvgIpc) is 2.30. The summed E-state index contributed by atoms with van der Waals surface area (Å²) in [4.78, 5) is 0. The Labute approximate surface area is 90.0 Å². The van der Waals surface area contributed by atoms with Crippen molar-refractivity contribution in [3.8, 4) is 16.9 Å². The molecule has 0 bridgehead atoms. The normalized spacial score (nSPS) is 10.2. The van der Waals surface area contributed by atoms with Crippen LogP contribution in [0.3, 0.4) is 0 Å². The quantitative estimate of drug-likeness (QED) is 0.781. The monoisotopic (exact) mass is 198 g/mol. The summed E-state index contributed by atoms with van der Waals surface area (Å²) in [6.45, 7) is 2.15. The van der Waals surface area contributed by atoms with Crippen molar-refractivity contribution in [3.05, 3.63) is 54.1 Å². The van der Waals surface area contributed by atoms with Crippen LogP contribution < -0.4 is 0 Å². The van der Waals surface area contributed by atoms with Crippen LogP contribution in [-0.2, 0) is 6.42 Å². The van der Waals surface area contributed by atoms with Crippen molar-refractivity contribution in [2.75, 3.05) is 0 Å². The predicted molar refractivity (Wildman–Crippen MR) is 62.9 cm³/mol. The van der Waals surface area contributed by atoms with Gasteiger partial charge in [-0.1, -0.05) is 43.3 Å². The fraction of sp³-hybridized carbons (Fsp3) is 0.143. The summed E-state index contributed by atoms with van der Waals surface area (Å²) < 4.78 is 0. The second kappa shape index (κ2) is 4.18. The molecule has 0 spiro atoms. The van der Waals surface area contributed by atoms with E-state index in [9.17, 15) is 5.11 Å². The van der Waals surface area contributed by atoms with Gasteiger partial charge < -0.3 is 5.11 Å². The van der Waals surface area contributed by atoms with Gasteiger partial charge in [-0.05, 0) is 35.2 Å². The highest BCUT2D eigenvalue weighted by atomic mass is 16.3. The maximum absolute atomic E-state index is 9.23. The van der Waals surface area contributed by atoms with Gasteiger partial charge >= 0.3 is 0 Å². The number of phenolic OH excluding ortho intramolecular Hbond substituents is 1. The molecule has 0 saturated carbocycles. The molecule has 0 aliphatic rings. The lowest BCUT2D eigenvalue weighted by Gasteiger charge is -2.07. The minimum absolute atomic E-state index is 0.313. The Morgan fingerprint density at radius 3 is 2.27 bits per heavy atom. The summed E-state index contributed by atoms with van der Waals surface area (Å²) in [5, 5.41) is 9.23. The van der Waals surface area contributed by atoms with Crippen molar-refractivity contribution in [3.63, 3.8) is 0 Å². The largest absolute Gasteiger partial charge is 0.508 e. The third kappa shape index (κ3) is 2.01. The van der Waals surface area contributed by atoms with E-state index < -0.39 is 0 Å². The summed E-state index contributed by atoms with van der Waals surface area (Å²) >= 11 is 0. The summed E-state index contributed by atoms with van der Waals surface area (Å²) in [7, 11) is 0. The van der Waals surface area contributed by atoms with E-state index in [0.29, 0.717) is 5.75 Å². The smallest absolute Gasteiger partial charge is 0.115 e. The first kappa shape index (κ1) is 9.78. The number of hydrogen-bond donors (Lipinski definition) is 1. The lowest BCUT2D eigenvalue weighted by atomic mass is 9.98. The zero-order valence-corrected chi connectivity index (χ0v) is 8.77. The molecule has 15 heavy (non-hydrogen) atoms. The molecule has 2 aromatic rings. The molecule has 0 aliphatic heterocycles. The SMILES string of the molecule is CCc1ccccc1-c1ccc(O)cc1. The van der Waals surface area contributed by atoms with Gasteiger partial charge in [0.2, 0.25) is 0 Å². The first-order valence-electron chi connectivity index (χ1n) is 5.18. The van der Waals surface area contributed by atoms with Crippen LogP contribution in [0.4, 0.5) is 0 Å². The van der Waals surface area contributed by atoms with Gasteiger partial charge in [-0.25, -0.2) is 0 Å². The molecule has 0 amide bonds. The van der Waals surface area contributed by atoms with Crippen molar-refractivity contribution in [2.45, 2.75) is 13.3 Å². The number of aromatic hydroxyl groups is 1. The molecule has 0 heterocycles. The van der Waals surface area contributed by atoms with Gasteiger partial charge in [0.1, 0.15) is 5.75 Å². The van der Waals surface area contributed by atoms with E-state index in [0.717, 1.165) is 12.0 Å². The van der Waals surface area contributed by atoms with E-state index in [1.807, 2.05) is 18.2 Å². The highest BCUT2D eigenvalue weighted by Gasteiger charge is 2.02. The number of benzene rings is 2. The molecule has 2 aromatic carbocycles. The van der Waals surface area contributed by atoms with Crippen molar-refractivity contribution in [1.82, 2.24) is 0 Å². The summed E-state index contributed by atoms with van der Waals surface area (Å²) in [6.07, 6.45) is 1.02. The minimum atomic E-state index is 0.313. The van der Waals surface area contributed by atoms with Crippen LogP contribution in [0.15, 0.2) is 48.5 Å². The zero-order valence-electron chi connectivity index (χ0n) is 8.77. The predicted octanol–water partition coefficient (Wildman–Crippen LogP) is 3.62. The van der Waals surface area contributed by atoms with Gasteiger partial charge in [0.15, 0.2) is 0 Å². The minimum Gasteiger partial charge on any atom is -0.508 e. The van der Waals surface area contributed by atoms with E-state index in [2.05, 4.69) is 25.1 Å². The van der Waals surface area contributed by atoms with Gasteiger partial charge in [-0.3, -0.25) is 0 Å². The third-order valence-corrected chi connectivity index (χ3v) is 2.58. The van der Waals surface area contributed by atoms with Gasteiger partial charge in [0.05, 0.1) is 0 Å². The van der Waals surface area contributed by atoms with Crippen molar-refractivity contribution >= 4 is 0 Å². The van der Waals surface area contributed by atoms with E-state index in [4.69, 9.17) is 0 Å². The molecule has 1 N–H and O–H groups in total. The molecule has 1 nitrogen and oxygen atoms in total. The molecule has 0 aliphatic carbocycles. The first-order valence-corrected chi connectivity index (χ1v) is 5.18. The molecule has 2 rings (SSSR count). The molecule has 0 unspecified atom stereocenters. The fourth-order valence-corrected chi connectivity index (χ4v) is 1.75.